The smallest absolute Gasteiger partial charge is 0.306 e. The maximum absolute atomic E-state index is 12.1. The number of methoxy groups -OCH3 is 1. The lowest BCUT2D eigenvalue weighted by Crippen LogP contribution is -2.43. The number of sulfonamides is 1. The van der Waals surface area contributed by atoms with Crippen LogP contribution < -0.4 is 0 Å². The Morgan fingerprint density at radius 2 is 0.736 bits per heavy atom. The second-order valence-electron chi connectivity index (χ2n) is 24.7. The van der Waals surface area contributed by atoms with Gasteiger partial charge in [-0.2, -0.15) is 21.0 Å². The van der Waals surface area contributed by atoms with Gasteiger partial charge in [0.2, 0.25) is 27.7 Å². The number of carbonyl (C=O) groups is 4. The number of nitrogens with zero attached hydrogens (tertiary/aromatic N) is 8. The minimum Gasteiger partial charge on any atom is -0.469 e. The zero-order chi connectivity index (χ0) is 63.2. The topological polar surface area (TPSA) is 220 Å². The van der Waals surface area contributed by atoms with E-state index in [1.54, 1.807) is 4.90 Å². The lowest BCUT2D eigenvalue weighted by molar-refractivity contribution is -0.144. The van der Waals surface area contributed by atoms with E-state index >= 15 is 0 Å². The molecule has 16 heteroatoms. The van der Waals surface area contributed by atoms with Gasteiger partial charge in [0.25, 0.3) is 0 Å². The van der Waals surface area contributed by atoms with E-state index in [-0.39, 0.29) is 58.2 Å². The second-order valence-corrected chi connectivity index (χ2v) is 26.7. The van der Waals surface area contributed by atoms with Crippen molar-refractivity contribution < 1.29 is 32.3 Å². The molecule has 4 aliphatic rings. The van der Waals surface area contributed by atoms with Gasteiger partial charge in [-0.15, -0.1) is 0 Å². The van der Waals surface area contributed by atoms with Crippen molar-refractivity contribution in [3.63, 3.8) is 0 Å². The van der Waals surface area contributed by atoms with Crippen LogP contribution in [0.5, 0.6) is 0 Å². The van der Waals surface area contributed by atoms with Crippen LogP contribution in [0.15, 0.2) is 121 Å². The van der Waals surface area contributed by atoms with E-state index in [0.29, 0.717) is 70.6 Å². The minimum atomic E-state index is -3.13. The molecule has 0 unspecified atom stereocenters. The van der Waals surface area contributed by atoms with Crippen LogP contribution in [0.3, 0.4) is 0 Å². The highest BCUT2D eigenvalue weighted by atomic mass is 32.2. The average Bonchev–Trinajstić information content (AvgIpc) is 2.54. The molecular formula is C71H94N8O7S. The van der Waals surface area contributed by atoms with Crippen molar-refractivity contribution in [3.8, 4) is 24.3 Å². The fourth-order valence-corrected chi connectivity index (χ4v) is 12.7. The number of carbonyl (C=O) groups excluding carboxylic acids is 4. The molecule has 4 aromatic carbocycles. The minimum absolute atomic E-state index is 0.0324. The van der Waals surface area contributed by atoms with Crippen molar-refractivity contribution in [2.24, 2.45) is 27.6 Å². The molecule has 0 bridgehead atoms. The molecular weight excluding hydrogens is 1110 g/mol. The Kier molecular flexibility index (Phi) is 28.7. The lowest BCUT2D eigenvalue weighted by Gasteiger charge is -2.37. The first-order chi connectivity index (χ1) is 41.8. The van der Waals surface area contributed by atoms with Gasteiger partial charge in [-0.1, -0.05) is 142 Å². The van der Waals surface area contributed by atoms with E-state index in [9.17, 15) is 48.6 Å². The van der Waals surface area contributed by atoms with Gasteiger partial charge in [0.15, 0.2) is 0 Å². The summed E-state index contributed by atoms with van der Waals surface area (Å²) in [5.74, 6) is 0.481. The van der Waals surface area contributed by atoms with Crippen LogP contribution in [0.4, 0.5) is 0 Å². The van der Waals surface area contributed by atoms with Gasteiger partial charge in [-0.25, -0.2) is 12.7 Å². The number of nitriles is 4. The number of hydrogen-bond acceptors (Lipinski definition) is 11. The van der Waals surface area contributed by atoms with Gasteiger partial charge in [-0.3, -0.25) is 19.2 Å². The predicted molar refractivity (Wildman–Crippen MR) is 340 cm³/mol. The van der Waals surface area contributed by atoms with Crippen molar-refractivity contribution in [3.05, 3.63) is 144 Å². The normalized spacial score (nSPS) is 17.5. The van der Waals surface area contributed by atoms with Crippen molar-refractivity contribution in [1.82, 2.24) is 19.0 Å². The lowest BCUT2D eigenvalue weighted by atomic mass is 9.75. The fraction of sp³-hybridized carbons (Fsp3) is 0.549. The van der Waals surface area contributed by atoms with Crippen molar-refractivity contribution in [1.29, 1.82) is 21.0 Å². The van der Waals surface area contributed by atoms with Gasteiger partial charge in [0, 0.05) is 71.6 Å². The zero-order valence-electron chi connectivity index (χ0n) is 52.5. The molecule has 0 spiro atoms. The molecule has 4 heterocycles. The van der Waals surface area contributed by atoms with E-state index in [4.69, 9.17) is 0 Å². The molecule has 0 aliphatic carbocycles. The number of esters is 1. The van der Waals surface area contributed by atoms with Crippen molar-refractivity contribution in [2.75, 3.05) is 65.7 Å². The van der Waals surface area contributed by atoms with Crippen LogP contribution in [-0.2, 0) is 59.6 Å². The van der Waals surface area contributed by atoms with Crippen molar-refractivity contribution >= 4 is 33.7 Å². The summed E-state index contributed by atoms with van der Waals surface area (Å²) >= 11 is 0. The molecule has 4 aliphatic heterocycles. The summed E-state index contributed by atoms with van der Waals surface area (Å²) in [6.07, 6.45) is 16.6. The van der Waals surface area contributed by atoms with Crippen LogP contribution in [0.2, 0.25) is 0 Å². The average molecular weight is 1200 g/mol. The molecule has 87 heavy (non-hydrogen) atoms. The number of rotatable bonds is 20. The molecule has 4 aromatic rings. The Morgan fingerprint density at radius 1 is 0.460 bits per heavy atom. The third kappa shape index (κ3) is 23.3. The molecule has 8 rings (SSSR count). The number of likely N-dealkylation sites (tertiary alicyclic amines) is 3. The summed E-state index contributed by atoms with van der Waals surface area (Å²) in [7, 11) is -1.81. The van der Waals surface area contributed by atoms with E-state index < -0.39 is 10.0 Å². The molecule has 3 amide bonds. The maximum Gasteiger partial charge on any atom is 0.306 e. The summed E-state index contributed by atoms with van der Waals surface area (Å²) in [4.78, 5) is 53.0. The number of benzene rings is 4. The molecule has 0 N–H and O–H groups in total. The first-order valence-corrected chi connectivity index (χ1v) is 33.3. The van der Waals surface area contributed by atoms with Crippen LogP contribution in [0.25, 0.3) is 0 Å². The summed E-state index contributed by atoms with van der Waals surface area (Å²) in [6.45, 7) is 11.2. The summed E-state index contributed by atoms with van der Waals surface area (Å²) in [6, 6.07) is 51.0. The first-order valence-electron chi connectivity index (χ1n) is 31.4. The molecule has 0 saturated carbocycles. The quantitative estimate of drug-likeness (QED) is 0.0757. The predicted octanol–water partition coefficient (Wildman–Crippen LogP) is 12.2. The summed E-state index contributed by atoms with van der Waals surface area (Å²) in [5.41, 5.74) is 3.80. The van der Waals surface area contributed by atoms with Gasteiger partial charge >= 0.3 is 5.97 Å². The number of amides is 3. The molecule has 0 atom stereocenters. The van der Waals surface area contributed by atoms with E-state index in [1.165, 1.54) is 39.9 Å². The molecule has 4 saturated heterocycles. The highest BCUT2D eigenvalue weighted by Crippen LogP contribution is 2.39. The third-order valence-corrected chi connectivity index (χ3v) is 19.4. The fourth-order valence-electron chi connectivity index (χ4n) is 11.9. The maximum atomic E-state index is 12.1. The van der Waals surface area contributed by atoms with Gasteiger partial charge < -0.3 is 19.4 Å². The Labute approximate surface area is 520 Å². The Morgan fingerprint density at radius 3 is 0.989 bits per heavy atom. The standard InChI is InChI=1S/C19H24N2O3.C19H26N2O.C18H24N2O.C15H20N2O2S/c1-24-18(23)8-7-17(22)21-13-11-19(15-20,12-14-21)10-9-16-5-3-2-4-6-16;1-16(2)14-18(22)21-12-10-19(15-20,11-13-21)9-8-17-6-4-3-5-7-17;1-2-6-17(21)20-13-11-18(15-19,12-14-20)10-9-16-7-4-3-5-8-16;1-20(18,19)17-11-9-15(13-16,10-12-17)8-7-14-5-3-2-4-6-14/h2-6H,7-14H2,1H3;3-7,16H,8-14H2,1-2H3;3-5,7-8H,2,6,9-14H2,1H3;2-6H,7-12H2,1H3. The summed E-state index contributed by atoms with van der Waals surface area (Å²) in [5, 5.41) is 38.4. The molecule has 15 nitrogen and oxygen atoms in total. The van der Waals surface area contributed by atoms with Crippen molar-refractivity contribution in [2.45, 2.75) is 156 Å². The third-order valence-electron chi connectivity index (χ3n) is 18.1. The largest absolute Gasteiger partial charge is 0.469 e. The highest BCUT2D eigenvalue weighted by molar-refractivity contribution is 7.88. The first kappa shape index (κ1) is 70.4. The Hall–Kier alpha value is -7.37. The number of aryl methyl sites for hydroxylation is 4. The number of piperidine rings is 4. The number of hydrogen-bond donors (Lipinski definition) is 0. The zero-order valence-corrected chi connectivity index (χ0v) is 53.3. The van der Waals surface area contributed by atoms with Crippen LogP contribution in [-0.4, -0.2) is 117 Å². The second kappa shape index (κ2) is 35.4. The Balaban J connectivity index is 0.000000212. The van der Waals surface area contributed by atoms with Gasteiger partial charge in [0.05, 0.1) is 65.7 Å². The van der Waals surface area contributed by atoms with E-state index in [0.717, 1.165) is 110 Å². The summed E-state index contributed by atoms with van der Waals surface area (Å²) < 4.78 is 29.1. The molecule has 0 aromatic heterocycles. The monoisotopic (exact) mass is 1200 g/mol. The van der Waals surface area contributed by atoms with Crippen LogP contribution in [0, 0.1) is 72.9 Å². The van der Waals surface area contributed by atoms with Gasteiger partial charge in [-0.05, 0) is 137 Å². The van der Waals surface area contributed by atoms with E-state index in [1.807, 2.05) is 89.5 Å². The van der Waals surface area contributed by atoms with Gasteiger partial charge in [0.1, 0.15) is 0 Å². The number of ether oxygens (including phenoxy) is 1. The highest BCUT2D eigenvalue weighted by Gasteiger charge is 2.39. The SMILES string of the molecule is CC(C)CC(=O)N1CCC(C#N)(CCc2ccccc2)CC1.CCCC(=O)N1CCC(C#N)(CCc2ccccc2)CC1.COC(=O)CCC(=O)N1CCC(C#N)(CCc2ccccc2)CC1.CS(=O)(=O)N1CCC(C#N)(CCc2ccccc2)CC1. The molecule has 466 valence electrons. The Bertz CT molecular complexity index is 3030. The van der Waals surface area contributed by atoms with Crippen LogP contribution >= 0.6 is 0 Å². The van der Waals surface area contributed by atoms with Crippen LogP contribution in [0.1, 0.15) is 152 Å². The van der Waals surface area contributed by atoms with E-state index in [2.05, 4.69) is 91.4 Å². The molecule has 4 fully saturated rings. The molecule has 0 radical (unpaired) electrons.